The fourth-order valence-electron chi connectivity index (χ4n) is 1.95. The van der Waals surface area contributed by atoms with Crippen LogP contribution in [0.15, 0.2) is 54.6 Å². The van der Waals surface area contributed by atoms with Crippen LogP contribution in [0.25, 0.3) is 0 Å². The molecule has 0 aliphatic rings. The summed E-state index contributed by atoms with van der Waals surface area (Å²) < 4.78 is 0. The van der Waals surface area contributed by atoms with Crippen LogP contribution in [0.1, 0.15) is 16.8 Å². The van der Waals surface area contributed by atoms with E-state index in [9.17, 15) is 4.79 Å². The number of para-hydroxylation sites is 1. The third-order valence-electron chi connectivity index (χ3n) is 2.89. The first-order valence-electron chi connectivity index (χ1n) is 6.32. The van der Waals surface area contributed by atoms with Gasteiger partial charge in [0.2, 0.25) is 0 Å². The Bertz CT molecular complexity index is 632. The van der Waals surface area contributed by atoms with Crippen molar-refractivity contribution >= 4 is 17.3 Å². The zero-order valence-electron chi connectivity index (χ0n) is 11.0. The summed E-state index contributed by atoms with van der Waals surface area (Å²) in [6.07, 6.45) is 0.281. The molecule has 2 rings (SSSR count). The molecule has 0 unspecified atom stereocenters. The first-order chi connectivity index (χ1) is 9.72. The van der Waals surface area contributed by atoms with Crippen LogP contribution >= 0.6 is 0 Å². The molecular formula is C16H15N3O. The van der Waals surface area contributed by atoms with E-state index in [4.69, 9.17) is 11.0 Å². The van der Waals surface area contributed by atoms with Crippen molar-refractivity contribution < 1.29 is 4.79 Å². The monoisotopic (exact) mass is 265 g/mol. The summed E-state index contributed by atoms with van der Waals surface area (Å²) >= 11 is 0. The second-order valence-electron chi connectivity index (χ2n) is 4.33. The number of amides is 1. The van der Waals surface area contributed by atoms with Crippen molar-refractivity contribution in [3.63, 3.8) is 0 Å². The molecule has 0 atom stereocenters. The number of nitrogens with two attached hydrogens (primary N) is 1. The van der Waals surface area contributed by atoms with Gasteiger partial charge in [-0.2, -0.15) is 5.26 Å². The van der Waals surface area contributed by atoms with Gasteiger partial charge < -0.3 is 10.6 Å². The average Bonchev–Trinajstić information content (AvgIpc) is 2.48. The molecule has 0 saturated heterocycles. The minimum Gasteiger partial charge on any atom is -0.399 e. The van der Waals surface area contributed by atoms with Gasteiger partial charge in [0, 0.05) is 23.5 Å². The Morgan fingerprint density at radius 2 is 1.90 bits per heavy atom. The molecule has 0 aromatic heterocycles. The number of rotatable bonds is 4. The van der Waals surface area contributed by atoms with Crippen LogP contribution < -0.4 is 10.6 Å². The number of anilines is 2. The fourth-order valence-corrected chi connectivity index (χ4v) is 1.95. The Hall–Kier alpha value is -2.80. The molecule has 0 aliphatic carbocycles. The normalized spacial score (nSPS) is 9.75. The lowest BCUT2D eigenvalue weighted by Crippen LogP contribution is -2.31. The van der Waals surface area contributed by atoms with Crippen LogP contribution in [0.3, 0.4) is 0 Å². The van der Waals surface area contributed by atoms with Gasteiger partial charge in [0.05, 0.1) is 12.5 Å². The number of benzene rings is 2. The molecule has 0 fully saturated rings. The van der Waals surface area contributed by atoms with Crippen LogP contribution in [0.5, 0.6) is 0 Å². The largest absolute Gasteiger partial charge is 0.399 e. The van der Waals surface area contributed by atoms with Crippen LogP contribution in [-0.2, 0) is 0 Å². The molecule has 4 heteroatoms. The number of hydrogen-bond donors (Lipinski definition) is 1. The van der Waals surface area contributed by atoms with Crippen molar-refractivity contribution in [2.24, 2.45) is 0 Å². The van der Waals surface area contributed by atoms with Gasteiger partial charge in [-0.1, -0.05) is 24.3 Å². The number of hydrogen-bond acceptors (Lipinski definition) is 3. The van der Waals surface area contributed by atoms with E-state index in [0.717, 1.165) is 5.69 Å². The average molecular weight is 265 g/mol. The summed E-state index contributed by atoms with van der Waals surface area (Å²) in [7, 11) is 0. The highest BCUT2D eigenvalue weighted by Crippen LogP contribution is 2.18. The van der Waals surface area contributed by atoms with Crippen molar-refractivity contribution in [3.05, 3.63) is 60.2 Å². The Morgan fingerprint density at radius 1 is 1.15 bits per heavy atom. The van der Waals surface area contributed by atoms with Crippen molar-refractivity contribution in [1.29, 1.82) is 5.26 Å². The van der Waals surface area contributed by atoms with Crippen molar-refractivity contribution in [1.82, 2.24) is 0 Å². The van der Waals surface area contributed by atoms with Crippen molar-refractivity contribution in [2.45, 2.75) is 6.42 Å². The summed E-state index contributed by atoms with van der Waals surface area (Å²) in [5.74, 6) is -0.154. The van der Waals surface area contributed by atoms with Crippen LogP contribution in [0.4, 0.5) is 11.4 Å². The van der Waals surface area contributed by atoms with Crippen LogP contribution in [0, 0.1) is 11.3 Å². The van der Waals surface area contributed by atoms with Gasteiger partial charge in [-0.05, 0) is 30.3 Å². The van der Waals surface area contributed by atoms with Crippen molar-refractivity contribution in [2.75, 3.05) is 17.2 Å². The number of carbonyl (C=O) groups excluding carboxylic acids is 1. The van der Waals surface area contributed by atoms with Gasteiger partial charge in [-0.3, -0.25) is 4.79 Å². The SMILES string of the molecule is N#CCCN(C(=O)c1cccc(N)c1)c1ccccc1. The highest BCUT2D eigenvalue weighted by atomic mass is 16.2. The van der Waals surface area contributed by atoms with Crippen LogP contribution in [-0.4, -0.2) is 12.5 Å². The third-order valence-corrected chi connectivity index (χ3v) is 2.89. The van der Waals surface area contributed by atoms with Gasteiger partial charge in [0.1, 0.15) is 0 Å². The predicted molar refractivity (Wildman–Crippen MR) is 79.2 cm³/mol. The van der Waals surface area contributed by atoms with E-state index in [2.05, 4.69) is 6.07 Å². The Balaban J connectivity index is 2.32. The molecule has 0 radical (unpaired) electrons. The Morgan fingerprint density at radius 3 is 2.55 bits per heavy atom. The predicted octanol–water partition coefficient (Wildman–Crippen LogP) is 2.83. The summed E-state index contributed by atoms with van der Waals surface area (Å²) in [6.45, 7) is 0.355. The maximum Gasteiger partial charge on any atom is 0.258 e. The maximum absolute atomic E-state index is 12.6. The van der Waals surface area contributed by atoms with Crippen molar-refractivity contribution in [3.8, 4) is 6.07 Å². The van der Waals surface area contributed by atoms with E-state index in [1.54, 1.807) is 29.2 Å². The Kier molecular flexibility index (Phi) is 4.35. The maximum atomic E-state index is 12.6. The Labute approximate surface area is 118 Å². The quantitative estimate of drug-likeness (QED) is 0.864. The topological polar surface area (TPSA) is 70.1 Å². The lowest BCUT2D eigenvalue weighted by Gasteiger charge is -2.22. The molecule has 0 spiro atoms. The smallest absolute Gasteiger partial charge is 0.258 e. The minimum atomic E-state index is -0.154. The van der Waals surface area contributed by atoms with E-state index >= 15 is 0 Å². The first kappa shape index (κ1) is 13.6. The summed E-state index contributed by atoms with van der Waals surface area (Å²) in [4.78, 5) is 14.2. The minimum absolute atomic E-state index is 0.154. The highest BCUT2D eigenvalue weighted by molar-refractivity contribution is 6.06. The molecular weight excluding hydrogens is 250 g/mol. The van der Waals surface area contributed by atoms with E-state index in [1.807, 2.05) is 30.3 Å². The molecule has 4 nitrogen and oxygen atoms in total. The molecule has 0 heterocycles. The van der Waals surface area contributed by atoms with Gasteiger partial charge in [-0.15, -0.1) is 0 Å². The van der Waals surface area contributed by atoms with Gasteiger partial charge >= 0.3 is 0 Å². The molecule has 2 aromatic rings. The molecule has 100 valence electrons. The first-order valence-corrected chi connectivity index (χ1v) is 6.32. The summed E-state index contributed by atoms with van der Waals surface area (Å²) in [6, 6.07) is 18.2. The molecule has 2 N–H and O–H groups in total. The second kappa shape index (κ2) is 6.39. The zero-order valence-corrected chi connectivity index (χ0v) is 11.0. The summed E-state index contributed by atoms with van der Waals surface area (Å²) in [5.41, 5.74) is 7.55. The van der Waals surface area contributed by atoms with E-state index in [0.29, 0.717) is 17.8 Å². The molecule has 0 aliphatic heterocycles. The molecule has 2 aromatic carbocycles. The van der Waals surface area contributed by atoms with Gasteiger partial charge in [0.25, 0.3) is 5.91 Å². The number of nitriles is 1. The highest BCUT2D eigenvalue weighted by Gasteiger charge is 2.17. The standard InChI is InChI=1S/C16H15N3O/c17-10-5-11-19(15-8-2-1-3-9-15)16(20)13-6-4-7-14(18)12-13/h1-4,6-9,12H,5,11,18H2. The second-order valence-corrected chi connectivity index (χ2v) is 4.33. The molecule has 1 amide bonds. The third kappa shape index (κ3) is 3.15. The fraction of sp³-hybridized carbons (Fsp3) is 0.125. The van der Waals surface area contributed by atoms with Crippen LogP contribution in [0.2, 0.25) is 0 Å². The lowest BCUT2D eigenvalue weighted by molar-refractivity contribution is 0.0987. The number of carbonyl (C=O) groups is 1. The molecule has 0 bridgehead atoms. The van der Waals surface area contributed by atoms with Gasteiger partial charge in [-0.25, -0.2) is 0 Å². The molecule has 0 saturated carbocycles. The lowest BCUT2D eigenvalue weighted by atomic mass is 10.1. The zero-order chi connectivity index (χ0) is 14.4. The van der Waals surface area contributed by atoms with E-state index in [-0.39, 0.29) is 12.3 Å². The molecule has 20 heavy (non-hydrogen) atoms. The number of nitrogens with zero attached hydrogens (tertiary/aromatic N) is 2. The van der Waals surface area contributed by atoms with E-state index in [1.165, 1.54) is 0 Å². The number of nitrogen functional groups attached to an aromatic ring is 1. The van der Waals surface area contributed by atoms with Gasteiger partial charge in [0.15, 0.2) is 0 Å². The summed E-state index contributed by atoms with van der Waals surface area (Å²) in [5, 5.41) is 8.75. The van der Waals surface area contributed by atoms with E-state index < -0.39 is 0 Å².